The molecular weight excluding hydrogens is 331 g/mol. The molecule has 0 saturated carbocycles. The molecule has 0 aromatic heterocycles. The van der Waals surface area contributed by atoms with Crippen LogP contribution in [0.5, 0.6) is 0 Å². The third kappa shape index (κ3) is 3.54. The van der Waals surface area contributed by atoms with Gasteiger partial charge < -0.3 is 0 Å². The van der Waals surface area contributed by atoms with Crippen molar-refractivity contribution in [3.05, 3.63) is 68.9 Å². The zero-order valence-electron chi connectivity index (χ0n) is 10.0. The monoisotopic (exact) mass is 342 g/mol. The van der Waals surface area contributed by atoms with Gasteiger partial charge in [-0.2, -0.15) is 0 Å². The summed E-state index contributed by atoms with van der Waals surface area (Å²) in [7, 11) is 0. The minimum absolute atomic E-state index is 0.105. The first-order valence-electron chi connectivity index (χ1n) is 5.76. The topological polar surface area (TPSA) is 38.0 Å². The lowest BCUT2D eigenvalue weighted by Crippen LogP contribution is -2.30. The van der Waals surface area contributed by atoms with Crippen LogP contribution in [-0.2, 0) is 6.42 Å². The fraction of sp³-hybridized carbons (Fsp3) is 0.143. The van der Waals surface area contributed by atoms with Crippen molar-refractivity contribution >= 4 is 27.5 Å². The zero-order chi connectivity index (χ0) is 13.8. The number of nitrogens with two attached hydrogens (primary N) is 1. The van der Waals surface area contributed by atoms with E-state index in [-0.39, 0.29) is 11.1 Å². The maximum atomic E-state index is 14.0. The molecule has 0 heterocycles. The summed E-state index contributed by atoms with van der Waals surface area (Å²) in [6.45, 7) is 0. The summed E-state index contributed by atoms with van der Waals surface area (Å²) < 4.78 is 15.0. The van der Waals surface area contributed by atoms with E-state index in [1.54, 1.807) is 12.1 Å². The second-order valence-corrected chi connectivity index (χ2v) is 5.52. The third-order valence-electron chi connectivity index (χ3n) is 2.91. The summed E-state index contributed by atoms with van der Waals surface area (Å²) >= 11 is 9.17. The van der Waals surface area contributed by atoms with Gasteiger partial charge in [0.05, 0.1) is 11.1 Å². The standard InChI is InChI=1S/C14H13BrClFN2/c15-10-6-4-9(5-7-10)8-13(19-18)11-2-1-3-12(16)14(11)17/h1-7,13,19H,8,18H2. The van der Waals surface area contributed by atoms with Gasteiger partial charge in [0.15, 0.2) is 0 Å². The van der Waals surface area contributed by atoms with Crippen molar-refractivity contribution in [3.63, 3.8) is 0 Å². The number of hydrogen-bond donors (Lipinski definition) is 2. The van der Waals surface area contributed by atoms with Crippen LogP contribution in [-0.4, -0.2) is 0 Å². The van der Waals surface area contributed by atoms with Gasteiger partial charge in [-0.05, 0) is 30.2 Å². The Kier molecular flexibility index (Phi) is 4.93. The predicted molar refractivity (Wildman–Crippen MR) is 79.3 cm³/mol. The molecule has 1 atom stereocenters. The molecule has 0 saturated heterocycles. The Morgan fingerprint density at radius 1 is 1.21 bits per heavy atom. The average molecular weight is 344 g/mol. The molecule has 0 aliphatic rings. The third-order valence-corrected chi connectivity index (χ3v) is 3.73. The minimum Gasteiger partial charge on any atom is -0.271 e. The molecule has 2 aromatic rings. The number of benzene rings is 2. The van der Waals surface area contributed by atoms with Crippen LogP contribution in [0.4, 0.5) is 4.39 Å². The van der Waals surface area contributed by atoms with Gasteiger partial charge in [-0.25, -0.2) is 4.39 Å². The van der Waals surface area contributed by atoms with Gasteiger partial charge >= 0.3 is 0 Å². The number of halogens is 3. The van der Waals surface area contributed by atoms with E-state index in [9.17, 15) is 4.39 Å². The lowest BCUT2D eigenvalue weighted by atomic mass is 9.99. The van der Waals surface area contributed by atoms with E-state index in [4.69, 9.17) is 17.4 Å². The molecule has 3 N–H and O–H groups in total. The molecule has 0 spiro atoms. The normalized spacial score (nSPS) is 12.4. The maximum absolute atomic E-state index is 14.0. The maximum Gasteiger partial charge on any atom is 0.146 e. The molecule has 5 heteroatoms. The Balaban J connectivity index is 2.25. The quantitative estimate of drug-likeness (QED) is 0.651. The summed E-state index contributed by atoms with van der Waals surface area (Å²) in [6, 6.07) is 12.4. The summed E-state index contributed by atoms with van der Waals surface area (Å²) in [5.41, 5.74) is 4.17. The summed E-state index contributed by atoms with van der Waals surface area (Å²) in [5.74, 6) is 5.11. The van der Waals surface area contributed by atoms with Crippen molar-refractivity contribution in [2.45, 2.75) is 12.5 Å². The van der Waals surface area contributed by atoms with E-state index < -0.39 is 5.82 Å². The van der Waals surface area contributed by atoms with Gasteiger partial charge in [-0.3, -0.25) is 11.3 Å². The Labute approximate surface area is 124 Å². The highest BCUT2D eigenvalue weighted by Gasteiger charge is 2.16. The first kappa shape index (κ1) is 14.5. The summed E-state index contributed by atoms with van der Waals surface area (Å²) in [4.78, 5) is 0. The number of hydrogen-bond acceptors (Lipinski definition) is 2. The van der Waals surface area contributed by atoms with Gasteiger partial charge in [0, 0.05) is 10.0 Å². The Bertz CT molecular complexity index is 560. The minimum atomic E-state index is -0.427. The number of nitrogens with one attached hydrogen (secondary N) is 1. The number of rotatable bonds is 4. The van der Waals surface area contributed by atoms with Crippen LogP contribution in [0.1, 0.15) is 17.2 Å². The highest BCUT2D eigenvalue weighted by Crippen LogP contribution is 2.25. The van der Waals surface area contributed by atoms with E-state index in [0.29, 0.717) is 12.0 Å². The number of hydrazine groups is 1. The van der Waals surface area contributed by atoms with E-state index in [0.717, 1.165) is 10.0 Å². The zero-order valence-corrected chi connectivity index (χ0v) is 12.4. The molecule has 0 aliphatic heterocycles. The van der Waals surface area contributed by atoms with Crippen LogP contribution < -0.4 is 11.3 Å². The second-order valence-electron chi connectivity index (χ2n) is 4.19. The van der Waals surface area contributed by atoms with Gasteiger partial charge in [0.25, 0.3) is 0 Å². The Morgan fingerprint density at radius 3 is 2.53 bits per heavy atom. The molecule has 0 aliphatic carbocycles. The SMILES string of the molecule is NNC(Cc1ccc(Br)cc1)c1cccc(Cl)c1F. The molecule has 0 amide bonds. The fourth-order valence-electron chi connectivity index (χ4n) is 1.90. The lowest BCUT2D eigenvalue weighted by Gasteiger charge is -2.17. The summed E-state index contributed by atoms with van der Waals surface area (Å²) in [6.07, 6.45) is 0.584. The van der Waals surface area contributed by atoms with Crippen molar-refractivity contribution < 1.29 is 4.39 Å². The smallest absolute Gasteiger partial charge is 0.146 e. The van der Waals surface area contributed by atoms with Crippen molar-refractivity contribution in [2.75, 3.05) is 0 Å². The molecule has 2 aromatic carbocycles. The first-order chi connectivity index (χ1) is 9.11. The van der Waals surface area contributed by atoms with E-state index in [1.165, 1.54) is 6.07 Å². The van der Waals surface area contributed by atoms with Crippen LogP contribution in [0.3, 0.4) is 0 Å². The van der Waals surface area contributed by atoms with Crippen LogP contribution >= 0.6 is 27.5 Å². The van der Waals surface area contributed by atoms with Crippen molar-refractivity contribution in [1.29, 1.82) is 0 Å². The molecule has 2 rings (SSSR count). The largest absolute Gasteiger partial charge is 0.271 e. The van der Waals surface area contributed by atoms with Gasteiger partial charge in [-0.1, -0.05) is 51.8 Å². The molecular formula is C14H13BrClFN2. The summed E-state index contributed by atoms with van der Waals surface area (Å²) in [5, 5.41) is 0.105. The van der Waals surface area contributed by atoms with E-state index >= 15 is 0 Å². The van der Waals surface area contributed by atoms with Crippen LogP contribution in [0, 0.1) is 5.82 Å². The Hall–Kier alpha value is -0.940. The highest BCUT2D eigenvalue weighted by molar-refractivity contribution is 9.10. The average Bonchev–Trinajstić information content (AvgIpc) is 2.42. The van der Waals surface area contributed by atoms with Crippen molar-refractivity contribution in [3.8, 4) is 0 Å². The molecule has 100 valence electrons. The van der Waals surface area contributed by atoms with Crippen molar-refractivity contribution in [1.82, 2.24) is 5.43 Å². The lowest BCUT2D eigenvalue weighted by molar-refractivity contribution is 0.511. The molecule has 0 bridgehead atoms. The van der Waals surface area contributed by atoms with Gasteiger partial charge in [0.2, 0.25) is 0 Å². The first-order valence-corrected chi connectivity index (χ1v) is 6.93. The van der Waals surface area contributed by atoms with Gasteiger partial charge in [-0.15, -0.1) is 0 Å². The molecule has 1 unspecified atom stereocenters. The molecule has 2 nitrogen and oxygen atoms in total. The molecule has 0 fully saturated rings. The highest BCUT2D eigenvalue weighted by atomic mass is 79.9. The van der Waals surface area contributed by atoms with E-state index in [2.05, 4.69) is 21.4 Å². The second kappa shape index (κ2) is 6.48. The van der Waals surface area contributed by atoms with Crippen LogP contribution in [0.25, 0.3) is 0 Å². The van der Waals surface area contributed by atoms with Gasteiger partial charge in [0.1, 0.15) is 5.82 Å². The fourth-order valence-corrected chi connectivity index (χ4v) is 2.35. The Morgan fingerprint density at radius 2 is 1.89 bits per heavy atom. The predicted octanol–water partition coefficient (Wildman–Crippen LogP) is 3.99. The van der Waals surface area contributed by atoms with E-state index in [1.807, 2.05) is 24.3 Å². The van der Waals surface area contributed by atoms with Crippen LogP contribution in [0.2, 0.25) is 5.02 Å². The van der Waals surface area contributed by atoms with Crippen molar-refractivity contribution in [2.24, 2.45) is 5.84 Å². The molecule has 19 heavy (non-hydrogen) atoms. The van der Waals surface area contributed by atoms with Crippen LogP contribution in [0.15, 0.2) is 46.9 Å². The molecule has 0 radical (unpaired) electrons.